The molecule has 0 aliphatic rings. The number of hydrazine groups is 1. The number of rotatable bonds is 4. The van der Waals surface area contributed by atoms with Crippen LogP contribution < -0.4 is 20.9 Å². The number of hydrogen-bond donors (Lipinski definition) is 3. The second-order valence-corrected chi connectivity index (χ2v) is 5.30. The van der Waals surface area contributed by atoms with Crippen LogP contribution in [0.3, 0.4) is 0 Å². The Morgan fingerprint density at radius 3 is 2.29 bits per heavy atom. The predicted molar refractivity (Wildman–Crippen MR) is 94.2 cm³/mol. The van der Waals surface area contributed by atoms with Gasteiger partial charge in [0.1, 0.15) is 12.4 Å². The van der Waals surface area contributed by atoms with E-state index in [1.165, 1.54) is 6.92 Å². The van der Waals surface area contributed by atoms with Crippen molar-refractivity contribution in [1.29, 1.82) is 0 Å². The zero-order valence-corrected chi connectivity index (χ0v) is 13.9. The lowest BCUT2D eigenvalue weighted by Gasteiger charge is -2.10. The Morgan fingerprint density at radius 2 is 1.67 bits per heavy atom. The van der Waals surface area contributed by atoms with Crippen molar-refractivity contribution in [1.82, 2.24) is 16.2 Å². The Balaban J connectivity index is 1.83. The topological polar surface area (TPSA) is 79.5 Å². The highest BCUT2D eigenvalue weighted by atomic mass is 32.1. The maximum absolute atomic E-state index is 11.9. The summed E-state index contributed by atoms with van der Waals surface area (Å²) < 4.78 is 5.65. The van der Waals surface area contributed by atoms with Gasteiger partial charge in [0.2, 0.25) is 5.91 Å². The minimum atomic E-state index is -0.377. The van der Waals surface area contributed by atoms with Crippen LogP contribution in [0, 0.1) is 0 Å². The minimum absolute atomic E-state index is 0.0265. The first-order valence-electron chi connectivity index (χ1n) is 7.19. The highest BCUT2D eigenvalue weighted by Crippen LogP contribution is 2.14. The quantitative estimate of drug-likeness (QED) is 0.584. The van der Waals surface area contributed by atoms with Crippen molar-refractivity contribution in [3.8, 4) is 5.75 Å². The first kappa shape index (κ1) is 17.4. The number of nitrogens with one attached hydrogen (secondary N) is 3. The number of amides is 2. The molecule has 0 saturated carbocycles. The zero-order valence-electron chi connectivity index (χ0n) is 13.0. The molecule has 24 heavy (non-hydrogen) atoms. The van der Waals surface area contributed by atoms with Gasteiger partial charge >= 0.3 is 0 Å². The van der Waals surface area contributed by atoms with E-state index in [1.54, 1.807) is 24.3 Å². The molecule has 0 saturated heterocycles. The van der Waals surface area contributed by atoms with Gasteiger partial charge in [-0.2, -0.15) is 0 Å². The summed E-state index contributed by atoms with van der Waals surface area (Å²) in [6, 6.07) is 16.5. The van der Waals surface area contributed by atoms with E-state index < -0.39 is 0 Å². The van der Waals surface area contributed by atoms with Crippen LogP contribution in [0.25, 0.3) is 0 Å². The summed E-state index contributed by atoms with van der Waals surface area (Å²) in [6.07, 6.45) is 0. The molecule has 0 bridgehead atoms. The molecule has 0 heterocycles. The number of hydrogen-bond acceptors (Lipinski definition) is 4. The summed E-state index contributed by atoms with van der Waals surface area (Å²) in [5, 5.41) is 2.36. The fourth-order valence-corrected chi connectivity index (χ4v) is 2.02. The van der Waals surface area contributed by atoms with E-state index in [0.29, 0.717) is 17.9 Å². The van der Waals surface area contributed by atoms with E-state index in [9.17, 15) is 9.59 Å². The van der Waals surface area contributed by atoms with Gasteiger partial charge in [0, 0.05) is 12.5 Å². The number of benzene rings is 2. The molecule has 3 N–H and O–H groups in total. The molecular weight excluding hydrogens is 326 g/mol. The van der Waals surface area contributed by atoms with Gasteiger partial charge in [-0.1, -0.05) is 30.3 Å². The molecule has 0 aromatic heterocycles. The van der Waals surface area contributed by atoms with Gasteiger partial charge in [0.15, 0.2) is 5.11 Å². The van der Waals surface area contributed by atoms with Gasteiger partial charge in [-0.3, -0.25) is 20.4 Å². The summed E-state index contributed by atoms with van der Waals surface area (Å²) >= 11 is 4.82. The van der Waals surface area contributed by atoms with Crippen molar-refractivity contribution in [3.05, 3.63) is 65.7 Å². The van der Waals surface area contributed by atoms with Crippen molar-refractivity contribution in [2.75, 3.05) is 0 Å². The van der Waals surface area contributed by atoms with Crippen molar-refractivity contribution < 1.29 is 14.3 Å². The molecule has 0 unspecified atom stereocenters. The van der Waals surface area contributed by atoms with Crippen LogP contribution in [0.2, 0.25) is 0 Å². The molecule has 0 fully saturated rings. The fourth-order valence-electron chi connectivity index (χ4n) is 1.82. The van der Waals surface area contributed by atoms with E-state index in [1.807, 2.05) is 30.3 Å². The van der Waals surface area contributed by atoms with Crippen LogP contribution >= 0.6 is 12.2 Å². The van der Waals surface area contributed by atoms with Gasteiger partial charge in [-0.05, 0) is 42.0 Å². The minimum Gasteiger partial charge on any atom is -0.489 e. The summed E-state index contributed by atoms with van der Waals surface area (Å²) in [7, 11) is 0. The van der Waals surface area contributed by atoms with E-state index in [-0.39, 0.29) is 16.9 Å². The summed E-state index contributed by atoms with van der Waals surface area (Å²) in [5.41, 5.74) is 6.33. The molecule has 7 heteroatoms. The van der Waals surface area contributed by atoms with Crippen LogP contribution in [-0.2, 0) is 11.4 Å². The normalized spacial score (nSPS) is 9.71. The third-order valence-electron chi connectivity index (χ3n) is 2.94. The second-order valence-electron chi connectivity index (χ2n) is 4.89. The van der Waals surface area contributed by atoms with Gasteiger partial charge < -0.3 is 10.1 Å². The van der Waals surface area contributed by atoms with Crippen molar-refractivity contribution in [2.24, 2.45) is 0 Å². The van der Waals surface area contributed by atoms with Crippen LogP contribution in [0.15, 0.2) is 54.6 Å². The van der Waals surface area contributed by atoms with Crippen LogP contribution in [0.5, 0.6) is 5.75 Å². The Hall–Kier alpha value is -2.93. The first-order chi connectivity index (χ1) is 11.5. The van der Waals surface area contributed by atoms with Crippen LogP contribution in [0.4, 0.5) is 0 Å². The molecule has 0 spiro atoms. The molecule has 2 amide bonds. The standard InChI is InChI=1S/C17H17N3O3S/c1-12(21)18-17(24)20-19-16(22)14-7-9-15(10-8-14)23-11-13-5-3-2-4-6-13/h2-10H,11H2,1H3,(H,19,22)(H2,18,20,21,24). The lowest BCUT2D eigenvalue weighted by molar-refractivity contribution is -0.117. The van der Waals surface area contributed by atoms with Crippen molar-refractivity contribution in [2.45, 2.75) is 13.5 Å². The summed E-state index contributed by atoms with van der Waals surface area (Å²) in [5.74, 6) is -0.0314. The maximum atomic E-state index is 11.9. The Bertz CT molecular complexity index is 718. The van der Waals surface area contributed by atoms with Crippen molar-refractivity contribution >= 4 is 29.1 Å². The Morgan fingerprint density at radius 1 is 1.00 bits per heavy atom. The molecule has 2 aromatic rings. The highest BCUT2D eigenvalue weighted by Gasteiger charge is 2.06. The second kappa shape index (κ2) is 8.64. The molecule has 0 aliphatic heterocycles. The molecular formula is C17H17N3O3S. The van der Waals surface area contributed by atoms with E-state index >= 15 is 0 Å². The van der Waals surface area contributed by atoms with Gasteiger partial charge in [-0.25, -0.2) is 0 Å². The smallest absolute Gasteiger partial charge is 0.269 e. The monoisotopic (exact) mass is 343 g/mol. The fraction of sp³-hybridized carbons (Fsp3) is 0.118. The average molecular weight is 343 g/mol. The average Bonchev–Trinajstić information content (AvgIpc) is 2.58. The Kier molecular flexibility index (Phi) is 6.27. The molecule has 0 aliphatic carbocycles. The zero-order chi connectivity index (χ0) is 17.4. The SMILES string of the molecule is CC(=O)NC(=S)NNC(=O)c1ccc(OCc2ccccc2)cc1. The number of carbonyl (C=O) groups excluding carboxylic acids is 2. The Labute approximate surface area is 145 Å². The number of carbonyl (C=O) groups is 2. The predicted octanol–water partition coefficient (Wildman–Crippen LogP) is 1.92. The van der Waals surface area contributed by atoms with Crippen molar-refractivity contribution in [3.63, 3.8) is 0 Å². The van der Waals surface area contributed by atoms with E-state index in [0.717, 1.165) is 5.56 Å². The third kappa shape index (κ3) is 5.69. The van der Waals surface area contributed by atoms with Gasteiger partial charge in [0.25, 0.3) is 5.91 Å². The molecule has 2 aromatic carbocycles. The maximum Gasteiger partial charge on any atom is 0.269 e. The summed E-state index contributed by atoms with van der Waals surface area (Å²) in [4.78, 5) is 22.7. The highest BCUT2D eigenvalue weighted by molar-refractivity contribution is 7.80. The molecule has 0 atom stereocenters. The molecule has 6 nitrogen and oxygen atoms in total. The first-order valence-corrected chi connectivity index (χ1v) is 7.60. The number of ether oxygens (including phenoxy) is 1. The lowest BCUT2D eigenvalue weighted by Crippen LogP contribution is -2.47. The third-order valence-corrected chi connectivity index (χ3v) is 3.15. The molecule has 0 radical (unpaired) electrons. The molecule has 2 rings (SSSR count). The van der Waals surface area contributed by atoms with E-state index in [4.69, 9.17) is 17.0 Å². The van der Waals surface area contributed by atoms with Gasteiger partial charge in [-0.15, -0.1) is 0 Å². The van der Waals surface area contributed by atoms with Crippen LogP contribution in [-0.4, -0.2) is 16.9 Å². The molecule has 124 valence electrons. The lowest BCUT2D eigenvalue weighted by atomic mass is 10.2. The van der Waals surface area contributed by atoms with E-state index in [2.05, 4.69) is 16.2 Å². The van der Waals surface area contributed by atoms with Crippen LogP contribution in [0.1, 0.15) is 22.8 Å². The summed E-state index contributed by atoms with van der Waals surface area (Å²) in [6.45, 7) is 1.78. The number of thiocarbonyl (C=S) groups is 1. The van der Waals surface area contributed by atoms with Gasteiger partial charge in [0.05, 0.1) is 0 Å². The largest absolute Gasteiger partial charge is 0.489 e.